The molecule has 0 aliphatic rings. The molecule has 2 amide bonds. The van der Waals surface area contributed by atoms with Crippen molar-refractivity contribution in [3.8, 4) is 0 Å². The number of benzene rings is 1. The maximum atomic E-state index is 11.8. The smallest absolute Gasteiger partial charge is 0.271 e. The van der Waals surface area contributed by atoms with Crippen molar-refractivity contribution in [3.05, 3.63) is 34.9 Å². The number of carbonyl (C=O) groups is 2. The minimum absolute atomic E-state index is 0.232. The van der Waals surface area contributed by atoms with E-state index in [9.17, 15) is 9.59 Å². The number of hydrogen-bond donors (Lipinski definition) is 2. The first-order valence-corrected chi connectivity index (χ1v) is 7.30. The van der Waals surface area contributed by atoms with Gasteiger partial charge in [-0.2, -0.15) is 0 Å². The zero-order valence-electron chi connectivity index (χ0n) is 12.6. The molecule has 0 saturated carbocycles. The first-order chi connectivity index (χ1) is 9.90. The number of hydrogen-bond acceptors (Lipinski definition) is 3. The second kappa shape index (κ2) is 8.64. The molecule has 5 nitrogen and oxygen atoms in total. The van der Waals surface area contributed by atoms with Gasteiger partial charge in [0.05, 0.1) is 17.1 Å². The lowest BCUT2D eigenvalue weighted by Gasteiger charge is -2.17. The second-order valence-corrected chi connectivity index (χ2v) is 5.81. The minimum atomic E-state index is -0.432. The zero-order chi connectivity index (χ0) is 15.8. The molecule has 0 saturated heterocycles. The van der Waals surface area contributed by atoms with Gasteiger partial charge in [0.2, 0.25) is 0 Å². The summed E-state index contributed by atoms with van der Waals surface area (Å²) in [7, 11) is 1.87. The van der Waals surface area contributed by atoms with Crippen LogP contribution in [0.3, 0.4) is 0 Å². The van der Waals surface area contributed by atoms with Crippen LogP contribution in [0.4, 0.5) is 0 Å². The first-order valence-electron chi connectivity index (χ1n) is 6.92. The number of rotatable bonds is 6. The van der Waals surface area contributed by atoms with E-state index in [-0.39, 0.29) is 12.5 Å². The summed E-state index contributed by atoms with van der Waals surface area (Å²) < 4.78 is 0. The van der Waals surface area contributed by atoms with E-state index in [0.29, 0.717) is 16.5 Å². The van der Waals surface area contributed by atoms with Crippen LogP contribution in [0.15, 0.2) is 24.3 Å². The normalized spacial score (nSPS) is 10.8. The Kier molecular flexibility index (Phi) is 7.19. The van der Waals surface area contributed by atoms with E-state index in [1.54, 1.807) is 24.3 Å². The van der Waals surface area contributed by atoms with Crippen LogP contribution in [0.5, 0.6) is 0 Å². The van der Waals surface area contributed by atoms with E-state index in [0.717, 1.165) is 13.0 Å². The van der Waals surface area contributed by atoms with Gasteiger partial charge in [0, 0.05) is 0 Å². The Morgan fingerprint density at radius 3 is 2.52 bits per heavy atom. The molecule has 0 atom stereocenters. The molecule has 1 aromatic carbocycles. The van der Waals surface area contributed by atoms with Crippen molar-refractivity contribution in [2.75, 3.05) is 20.1 Å². The van der Waals surface area contributed by atoms with Crippen molar-refractivity contribution in [1.82, 2.24) is 15.8 Å². The molecule has 0 aliphatic carbocycles. The van der Waals surface area contributed by atoms with Crippen LogP contribution in [-0.2, 0) is 4.79 Å². The first kappa shape index (κ1) is 17.5. The summed E-state index contributed by atoms with van der Waals surface area (Å²) in [5.74, 6) is -0.101. The van der Waals surface area contributed by atoms with Gasteiger partial charge in [0.1, 0.15) is 0 Å². The van der Waals surface area contributed by atoms with Gasteiger partial charge in [-0.25, -0.2) is 0 Å². The van der Waals surface area contributed by atoms with Crippen molar-refractivity contribution in [2.45, 2.75) is 20.3 Å². The fourth-order valence-corrected chi connectivity index (χ4v) is 1.90. The standard InChI is InChI=1S/C15H22ClN3O2/c1-11(2)8-9-19(3)10-14(20)17-18-15(21)12-6-4-5-7-13(12)16/h4-7,11H,8-10H2,1-3H3,(H,17,20)(H,18,21). The van der Waals surface area contributed by atoms with Gasteiger partial charge in [0.15, 0.2) is 0 Å². The number of nitrogens with zero attached hydrogens (tertiary/aromatic N) is 1. The van der Waals surface area contributed by atoms with Crippen LogP contribution in [-0.4, -0.2) is 36.9 Å². The largest absolute Gasteiger partial charge is 0.298 e. The Morgan fingerprint density at radius 2 is 1.90 bits per heavy atom. The lowest BCUT2D eigenvalue weighted by atomic mass is 10.1. The molecule has 1 rings (SSSR count). The maximum Gasteiger partial charge on any atom is 0.271 e. The molecule has 21 heavy (non-hydrogen) atoms. The Bertz CT molecular complexity index is 492. The molecule has 0 unspecified atom stereocenters. The summed E-state index contributed by atoms with van der Waals surface area (Å²) in [5, 5.41) is 0.346. The summed E-state index contributed by atoms with van der Waals surface area (Å²) in [6.07, 6.45) is 1.02. The third-order valence-electron chi connectivity index (χ3n) is 2.94. The molecule has 0 radical (unpaired) electrons. The predicted octanol–water partition coefficient (Wildman–Crippen LogP) is 2.08. The Balaban J connectivity index is 2.36. The molecule has 0 fully saturated rings. The van der Waals surface area contributed by atoms with Gasteiger partial charge in [-0.1, -0.05) is 37.6 Å². The molecule has 0 bridgehead atoms. The molecule has 0 aromatic heterocycles. The number of carbonyl (C=O) groups excluding carboxylic acids is 2. The van der Waals surface area contributed by atoms with Crippen molar-refractivity contribution in [1.29, 1.82) is 0 Å². The molecule has 2 N–H and O–H groups in total. The van der Waals surface area contributed by atoms with E-state index in [1.165, 1.54) is 0 Å². The predicted molar refractivity (Wildman–Crippen MR) is 84.0 cm³/mol. The lowest BCUT2D eigenvalue weighted by molar-refractivity contribution is -0.122. The van der Waals surface area contributed by atoms with E-state index >= 15 is 0 Å². The highest BCUT2D eigenvalue weighted by atomic mass is 35.5. The number of likely N-dealkylation sites (N-methyl/N-ethyl adjacent to an activating group) is 1. The van der Waals surface area contributed by atoms with Gasteiger partial charge in [-0.15, -0.1) is 0 Å². The van der Waals surface area contributed by atoms with Gasteiger partial charge in [-0.05, 0) is 38.1 Å². The van der Waals surface area contributed by atoms with Crippen LogP contribution in [0.1, 0.15) is 30.6 Å². The highest BCUT2D eigenvalue weighted by molar-refractivity contribution is 6.33. The van der Waals surface area contributed by atoms with E-state index in [1.807, 2.05) is 11.9 Å². The molecule has 1 aromatic rings. The molecular formula is C15H22ClN3O2. The van der Waals surface area contributed by atoms with Gasteiger partial charge in [-0.3, -0.25) is 25.3 Å². The third kappa shape index (κ3) is 6.60. The molecule has 116 valence electrons. The molecular weight excluding hydrogens is 290 g/mol. The molecule has 0 aliphatic heterocycles. The monoisotopic (exact) mass is 311 g/mol. The van der Waals surface area contributed by atoms with E-state index in [4.69, 9.17) is 11.6 Å². The van der Waals surface area contributed by atoms with E-state index in [2.05, 4.69) is 24.7 Å². The van der Waals surface area contributed by atoms with Crippen LogP contribution >= 0.6 is 11.6 Å². The molecule has 6 heteroatoms. The summed E-state index contributed by atoms with van der Waals surface area (Å²) >= 11 is 5.91. The topological polar surface area (TPSA) is 61.4 Å². The van der Waals surface area contributed by atoms with Gasteiger partial charge < -0.3 is 0 Å². The van der Waals surface area contributed by atoms with Crippen LogP contribution in [0.2, 0.25) is 5.02 Å². The minimum Gasteiger partial charge on any atom is -0.298 e. The van der Waals surface area contributed by atoms with Gasteiger partial charge in [0.25, 0.3) is 11.8 Å². The Labute approximate surface area is 130 Å². The van der Waals surface area contributed by atoms with Crippen LogP contribution in [0, 0.1) is 5.92 Å². The third-order valence-corrected chi connectivity index (χ3v) is 3.27. The van der Waals surface area contributed by atoms with Gasteiger partial charge >= 0.3 is 0 Å². The number of nitrogens with one attached hydrogen (secondary N) is 2. The SMILES string of the molecule is CC(C)CCN(C)CC(=O)NNC(=O)c1ccccc1Cl. The quantitative estimate of drug-likeness (QED) is 0.791. The fraction of sp³-hybridized carbons (Fsp3) is 0.467. The highest BCUT2D eigenvalue weighted by Gasteiger charge is 2.11. The van der Waals surface area contributed by atoms with Crippen molar-refractivity contribution in [2.24, 2.45) is 5.92 Å². The van der Waals surface area contributed by atoms with E-state index < -0.39 is 5.91 Å². The fourth-order valence-electron chi connectivity index (χ4n) is 1.68. The Morgan fingerprint density at radius 1 is 1.24 bits per heavy atom. The Hall–Kier alpha value is -1.59. The summed E-state index contributed by atoms with van der Waals surface area (Å²) in [5.41, 5.74) is 5.07. The van der Waals surface area contributed by atoms with Crippen molar-refractivity contribution in [3.63, 3.8) is 0 Å². The summed E-state index contributed by atoms with van der Waals surface area (Å²) in [4.78, 5) is 25.5. The molecule has 0 spiro atoms. The summed E-state index contributed by atoms with van der Waals surface area (Å²) in [6, 6.07) is 6.67. The second-order valence-electron chi connectivity index (χ2n) is 5.40. The average Bonchev–Trinajstić information content (AvgIpc) is 2.43. The maximum absolute atomic E-state index is 11.8. The molecule has 0 heterocycles. The van der Waals surface area contributed by atoms with Crippen molar-refractivity contribution < 1.29 is 9.59 Å². The zero-order valence-corrected chi connectivity index (χ0v) is 13.4. The van der Waals surface area contributed by atoms with Crippen molar-refractivity contribution >= 4 is 23.4 Å². The average molecular weight is 312 g/mol. The number of amides is 2. The number of halogens is 1. The number of hydrazine groups is 1. The summed E-state index contributed by atoms with van der Waals surface area (Å²) in [6.45, 7) is 5.34. The lowest BCUT2D eigenvalue weighted by Crippen LogP contribution is -2.46. The van der Waals surface area contributed by atoms with Crippen LogP contribution < -0.4 is 10.9 Å². The highest BCUT2D eigenvalue weighted by Crippen LogP contribution is 2.13. The van der Waals surface area contributed by atoms with Crippen LogP contribution in [0.25, 0.3) is 0 Å².